The Morgan fingerprint density at radius 2 is 2.36 bits per heavy atom. The van der Waals surface area contributed by atoms with Crippen LogP contribution in [0.15, 0.2) is 0 Å². The predicted molar refractivity (Wildman–Crippen MR) is 61.9 cm³/mol. The maximum atomic E-state index is 5.37. The van der Waals surface area contributed by atoms with Gasteiger partial charge in [0.25, 0.3) is 0 Å². The molecule has 0 radical (unpaired) electrons. The SMILES string of the molecule is CC1SCCC1NCCC1CCOC1. The van der Waals surface area contributed by atoms with Gasteiger partial charge in [-0.2, -0.15) is 11.8 Å². The zero-order valence-corrected chi connectivity index (χ0v) is 9.81. The summed E-state index contributed by atoms with van der Waals surface area (Å²) in [5.41, 5.74) is 0. The third-order valence-electron chi connectivity index (χ3n) is 3.36. The van der Waals surface area contributed by atoms with Crippen molar-refractivity contribution in [2.75, 3.05) is 25.5 Å². The van der Waals surface area contributed by atoms with E-state index in [9.17, 15) is 0 Å². The summed E-state index contributed by atoms with van der Waals surface area (Å²) in [6.45, 7) is 5.51. The van der Waals surface area contributed by atoms with Gasteiger partial charge in [-0.25, -0.2) is 0 Å². The number of hydrogen-bond acceptors (Lipinski definition) is 3. The second-order valence-corrected chi connectivity index (χ2v) is 5.93. The molecule has 2 fully saturated rings. The van der Waals surface area contributed by atoms with Crippen LogP contribution in [0.2, 0.25) is 0 Å². The number of rotatable bonds is 4. The lowest BCUT2D eigenvalue weighted by Gasteiger charge is -2.17. The van der Waals surface area contributed by atoms with Crippen LogP contribution < -0.4 is 5.32 Å². The highest BCUT2D eigenvalue weighted by atomic mass is 32.2. The van der Waals surface area contributed by atoms with E-state index < -0.39 is 0 Å². The van der Waals surface area contributed by atoms with Crippen LogP contribution >= 0.6 is 11.8 Å². The number of nitrogens with one attached hydrogen (secondary N) is 1. The molecule has 0 saturated carbocycles. The molecule has 0 bridgehead atoms. The molecule has 2 nitrogen and oxygen atoms in total. The molecule has 1 N–H and O–H groups in total. The summed E-state index contributed by atoms with van der Waals surface area (Å²) in [5, 5.41) is 4.50. The first-order valence-corrected chi connectivity index (χ1v) is 6.84. The molecular formula is C11H21NOS. The van der Waals surface area contributed by atoms with Gasteiger partial charge in [-0.3, -0.25) is 0 Å². The highest BCUT2D eigenvalue weighted by Crippen LogP contribution is 2.26. The Morgan fingerprint density at radius 3 is 3.00 bits per heavy atom. The summed E-state index contributed by atoms with van der Waals surface area (Å²) in [5.74, 6) is 2.16. The standard InChI is InChI=1S/C11H21NOS/c1-9-11(4-7-14-9)12-5-2-10-3-6-13-8-10/h9-12H,2-8H2,1H3. The van der Waals surface area contributed by atoms with Gasteiger partial charge in [0, 0.05) is 24.5 Å². The van der Waals surface area contributed by atoms with E-state index in [2.05, 4.69) is 24.0 Å². The second-order valence-electron chi connectivity index (χ2n) is 4.44. The number of ether oxygens (including phenoxy) is 1. The Labute approximate surface area is 91.2 Å². The van der Waals surface area contributed by atoms with E-state index in [1.54, 1.807) is 0 Å². The van der Waals surface area contributed by atoms with E-state index in [4.69, 9.17) is 4.74 Å². The molecule has 2 heterocycles. The lowest BCUT2D eigenvalue weighted by molar-refractivity contribution is 0.184. The van der Waals surface area contributed by atoms with Gasteiger partial charge in [0.05, 0.1) is 0 Å². The molecule has 0 aromatic heterocycles. The zero-order valence-electron chi connectivity index (χ0n) is 9.00. The van der Waals surface area contributed by atoms with E-state index in [1.165, 1.54) is 31.6 Å². The third-order valence-corrected chi connectivity index (χ3v) is 4.69. The summed E-state index contributed by atoms with van der Waals surface area (Å²) in [4.78, 5) is 0. The van der Waals surface area contributed by atoms with E-state index in [0.29, 0.717) is 0 Å². The first-order chi connectivity index (χ1) is 6.86. The normalized spacial score (nSPS) is 37.9. The molecule has 2 saturated heterocycles. The van der Waals surface area contributed by atoms with Gasteiger partial charge >= 0.3 is 0 Å². The van der Waals surface area contributed by atoms with Crippen molar-refractivity contribution in [1.82, 2.24) is 5.32 Å². The molecule has 2 aliphatic rings. The Kier molecular flexibility index (Phi) is 4.14. The fourth-order valence-electron chi connectivity index (χ4n) is 2.28. The lowest BCUT2D eigenvalue weighted by atomic mass is 10.0. The van der Waals surface area contributed by atoms with Crippen LogP contribution in [0.4, 0.5) is 0 Å². The quantitative estimate of drug-likeness (QED) is 0.774. The molecule has 2 aliphatic heterocycles. The van der Waals surface area contributed by atoms with Gasteiger partial charge in [-0.15, -0.1) is 0 Å². The average Bonchev–Trinajstić information content (AvgIpc) is 2.78. The fraction of sp³-hybridized carbons (Fsp3) is 1.00. The lowest BCUT2D eigenvalue weighted by Crippen LogP contribution is -2.34. The maximum Gasteiger partial charge on any atom is 0.0495 e. The van der Waals surface area contributed by atoms with Crippen molar-refractivity contribution in [3.8, 4) is 0 Å². The monoisotopic (exact) mass is 215 g/mol. The van der Waals surface area contributed by atoms with Crippen LogP contribution in [0, 0.1) is 5.92 Å². The van der Waals surface area contributed by atoms with E-state index in [-0.39, 0.29) is 0 Å². The second kappa shape index (κ2) is 5.38. The van der Waals surface area contributed by atoms with Crippen LogP contribution in [0.25, 0.3) is 0 Å². The van der Waals surface area contributed by atoms with Crippen molar-refractivity contribution < 1.29 is 4.74 Å². The number of thioether (sulfide) groups is 1. The minimum absolute atomic E-state index is 0.766. The smallest absolute Gasteiger partial charge is 0.0495 e. The van der Waals surface area contributed by atoms with Crippen molar-refractivity contribution in [1.29, 1.82) is 0 Å². The molecule has 3 atom stereocenters. The Balaban J connectivity index is 1.57. The minimum Gasteiger partial charge on any atom is -0.381 e. The summed E-state index contributed by atoms with van der Waals surface area (Å²) in [6.07, 6.45) is 3.93. The van der Waals surface area contributed by atoms with Crippen LogP contribution in [0.3, 0.4) is 0 Å². The molecule has 0 aliphatic carbocycles. The molecular weight excluding hydrogens is 194 g/mol. The van der Waals surface area contributed by atoms with E-state index in [0.717, 1.165) is 30.4 Å². The highest BCUT2D eigenvalue weighted by Gasteiger charge is 2.23. The summed E-state index contributed by atoms with van der Waals surface area (Å²) < 4.78 is 5.37. The molecule has 0 aromatic carbocycles. The van der Waals surface area contributed by atoms with Crippen LogP contribution in [0.5, 0.6) is 0 Å². The van der Waals surface area contributed by atoms with Gasteiger partial charge in [0.2, 0.25) is 0 Å². The van der Waals surface area contributed by atoms with Crippen LogP contribution in [-0.2, 0) is 4.74 Å². The van der Waals surface area contributed by atoms with Crippen molar-refractivity contribution in [3.05, 3.63) is 0 Å². The van der Waals surface area contributed by atoms with Crippen molar-refractivity contribution in [2.45, 2.75) is 37.5 Å². The largest absolute Gasteiger partial charge is 0.381 e. The molecule has 82 valence electrons. The average molecular weight is 215 g/mol. The zero-order chi connectivity index (χ0) is 9.80. The molecule has 14 heavy (non-hydrogen) atoms. The first-order valence-electron chi connectivity index (χ1n) is 5.79. The molecule has 0 spiro atoms. The molecule has 0 aromatic rings. The topological polar surface area (TPSA) is 21.3 Å². The van der Waals surface area contributed by atoms with Crippen molar-refractivity contribution >= 4 is 11.8 Å². The summed E-state index contributed by atoms with van der Waals surface area (Å²) >= 11 is 2.10. The third kappa shape index (κ3) is 2.88. The fourth-order valence-corrected chi connectivity index (χ4v) is 3.51. The van der Waals surface area contributed by atoms with Gasteiger partial charge in [0.15, 0.2) is 0 Å². The van der Waals surface area contributed by atoms with Crippen molar-refractivity contribution in [2.24, 2.45) is 5.92 Å². The maximum absolute atomic E-state index is 5.37. The van der Waals surface area contributed by atoms with Crippen LogP contribution in [0.1, 0.15) is 26.2 Å². The number of hydrogen-bond donors (Lipinski definition) is 1. The Morgan fingerprint density at radius 1 is 1.43 bits per heavy atom. The minimum atomic E-state index is 0.766. The molecule has 3 unspecified atom stereocenters. The van der Waals surface area contributed by atoms with Gasteiger partial charge in [0.1, 0.15) is 0 Å². The molecule has 3 heteroatoms. The van der Waals surface area contributed by atoms with Gasteiger partial charge in [-0.1, -0.05) is 6.92 Å². The van der Waals surface area contributed by atoms with E-state index >= 15 is 0 Å². The van der Waals surface area contributed by atoms with Gasteiger partial charge < -0.3 is 10.1 Å². The Bertz CT molecular complexity index is 171. The van der Waals surface area contributed by atoms with Crippen molar-refractivity contribution in [3.63, 3.8) is 0 Å². The highest BCUT2D eigenvalue weighted by molar-refractivity contribution is 8.00. The van der Waals surface area contributed by atoms with Crippen LogP contribution in [-0.4, -0.2) is 36.8 Å². The molecule has 0 amide bonds. The molecule has 2 rings (SSSR count). The summed E-state index contributed by atoms with van der Waals surface area (Å²) in [7, 11) is 0. The first kappa shape index (κ1) is 10.8. The summed E-state index contributed by atoms with van der Waals surface area (Å²) in [6, 6.07) is 0.766. The predicted octanol–water partition coefficient (Wildman–Crippen LogP) is 1.90. The van der Waals surface area contributed by atoms with E-state index in [1.807, 2.05) is 0 Å². The van der Waals surface area contributed by atoms with Gasteiger partial charge in [-0.05, 0) is 37.5 Å². The Hall–Kier alpha value is 0.270.